The van der Waals surface area contributed by atoms with E-state index in [0.29, 0.717) is 17.4 Å². The van der Waals surface area contributed by atoms with Crippen molar-refractivity contribution in [2.75, 3.05) is 19.0 Å². The van der Waals surface area contributed by atoms with E-state index in [4.69, 9.17) is 16.3 Å². The van der Waals surface area contributed by atoms with Crippen LogP contribution in [0.3, 0.4) is 0 Å². The minimum Gasteiger partial charge on any atom is -0.385 e. The Morgan fingerprint density at radius 3 is 2.76 bits per heavy atom. The zero-order chi connectivity index (χ0) is 15.7. The van der Waals surface area contributed by atoms with Gasteiger partial charge in [0.2, 0.25) is 6.41 Å². The van der Waals surface area contributed by atoms with Gasteiger partial charge in [-0.15, -0.1) is 0 Å². The Kier molecular flexibility index (Phi) is 7.64. The van der Waals surface area contributed by atoms with Gasteiger partial charge in [0.15, 0.2) is 0 Å². The third-order valence-corrected chi connectivity index (χ3v) is 2.98. The van der Waals surface area contributed by atoms with Crippen LogP contribution in [0.5, 0.6) is 0 Å². The molecule has 21 heavy (non-hydrogen) atoms. The Hall–Kier alpha value is -1.72. The predicted octanol–water partition coefficient (Wildman–Crippen LogP) is 3.59. The lowest BCUT2D eigenvalue weighted by Gasteiger charge is -2.03. The first-order valence-corrected chi connectivity index (χ1v) is 7.12. The number of rotatable bonds is 5. The number of unbranched alkanes of at least 4 members (excludes halogenated alkanes) is 1. The van der Waals surface area contributed by atoms with E-state index in [0.717, 1.165) is 23.1 Å². The van der Waals surface area contributed by atoms with E-state index in [-0.39, 0.29) is 0 Å². The summed E-state index contributed by atoms with van der Waals surface area (Å²) in [5.41, 5.74) is 0.822. The van der Waals surface area contributed by atoms with Gasteiger partial charge in [-0.2, -0.15) is 0 Å². The maximum atomic E-state index is 10.3. The molecule has 0 aromatic carbocycles. The quantitative estimate of drug-likeness (QED) is 0.521. The van der Waals surface area contributed by atoms with Crippen molar-refractivity contribution in [2.24, 2.45) is 0 Å². The number of pyridine rings is 2. The summed E-state index contributed by atoms with van der Waals surface area (Å²) in [5, 5.41) is 4.75. The van der Waals surface area contributed by atoms with E-state index in [9.17, 15) is 4.79 Å². The number of hydrogen-bond donors (Lipinski definition) is 1. The van der Waals surface area contributed by atoms with Gasteiger partial charge in [0, 0.05) is 31.0 Å². The number of aryl methyl sites for hydroxylation is 1. The molecule has 0 unspecified atom stereocenters. The summed E-state index contributed by atoms with van der Waals surface area (Å²) in [6, 6.07) is 3.49. The van der Waals surface area contributed by atoms with Crippen LogP contribution in [0.15, 0.2) is 18.3 Å². The van der Waals surface area contributed by atoms with E-state index < -0.39 is 0 Å². The number of aromatic nitrogens is 2. The molecule has 0 bridgehead atoms. The van der Waals surface area contributed by atoms with Crippen molar-refractivity contribution in [3.8, 4) is 0 Å². The Bertz CT molecular complexity index is 586. The Morgan fingerprint density at radius 2 is 2.19 bits per heavy atom. The highest BCUT2D eigenvalue weighted by Gasteiger charge is 2.02. The largest absolute Gasteiger partial charge is 0.385 e. The zero-order valence-electron chi connectivity index (χ0n) is 12.5. The van der Waals surface area contributed by atoms with Crippen LogP contribution in [0.4, 0.5) is 5.82 Å². The number of hydrogen-bond acceptors (Lipinski definition) is 4. The molecule has 5 nitrogen and oxygen atoms in total. The van der Waals surface area contributed by atoms with E-state index >= 15 is 0 Å². The molecule has 1 amide bonds. The number of nitrogens with zero attached hydrogens (tertiary/aromatic N) is 2. The van der Waals surface area contributed by atoms with Crippen LogP contribution in [-0.2, 0) is 9.53 Å². The van der Waals surface area contributed by atoms with Gasteiger partial charge >= 0.3 is 0 Å². The number of methoxy groups -OCH3 is 1. The second-order valence-corrected chi connectivity index (χ2v) is 4.82. The standard InChI is InChI=1S/C10H8ClN3O.C5H12O/c1-6-8-4-12-10(13-5-15)3-7(8)2-9(11)14-6;1-3-4-5-6-2/h2-5H,1H3,(H,12,13,15);3-5H2,1-2H3. The molecule has 0 spiro atoms. The van der Waals surface area contributed by atoms with Gasteiger partial charge in [0.1, 0.15) is 11.0 Å². The molecular formula is C15H20ClN3O2. The smallest absolute Gasteiger partial charge is 0.212 e. The SMILES string of the molecule is CCCCOC.Cc1nc(Cl)cc2cc(NC=O)ncc12. The normalized spacial score (nSPS) is 9.90. The molecule has 2 aromatic heterocycles. The first-order valence-electron chi connectivity index (χ1n) is 6.74. The number of anilines is 1. The Morgan fingerprint density at radius 1 is 1.43 bits per heavy atom. The molecule has 0 saturated heterocycles. The van der Waals surface area contributed by atoms with Gasteiger partial charge in [0.25, 0.3) is 0 Å². The average molecular weight is 310 g/mol. The number of halogens is 1. The van der Waals surface area contributed by atoms with Crippen molar-refractivity contribution in [1.29, 1.82) is 0 Å². The molecule has 1 N–H and O–H groups in total. The van der Waals surface area contributed by atoms with Crippen molar-refractivity contribution in [3.63, 3.8) is 0 Å². The van der Waals surface area contributed by atoms with Crippen LogP contribution < -0.4 is 5.32 Å². The maximum Gasteiger partial charge on any atom is 0.212 e. The third kappa shape index (κ3) is 5.65. The van der Waals surface area contributed by atoms with Gasteiger partial charge in [-0.3, -0.25) is 4.79 Å². The van der Waals surface area contributed by atoms with Crippen molar-refractivity contribution in [2.45, 2.75) is 26.7 Å². The highest BCUT2D eigenvalue weighted by atomic mass is 35.5. The first kappa shape index (κ1) is 17.3. The van der Waals surface area contributed by atoms with Crippen molar-refractivity contribution in [1.82, 2.24) is 9.97 Å². The van der Waals surface area contributed by atoms with Crippen LogP contribution in [-0.4, -0.2) is 30.1 Å². The molecule has 2 heterocycles. The van der Waals surface area contributed by atoms with Gasteiger partial charge in [-0.05, 0) is 30.9 Å². The number of carbonyl (C=O) groups is 1. The highest BCUT2D eigenvalue weighted by molar-refractivity contribution is 6.30. The van der Waals surface area contributed by atoms with E-state index in [1.54, 1.807) is 25.4 Å². The number of fused-ring (bicyclic) bond motifs is 1. The minimum absolute atomic E-state index is 0.434. The summed E-state index contributed by atoms with van der Waals surface area (Å²) in [7, 11) is 1.73. The van der Waals surface area contributed by atoms with E-state index in [1.165, 1.54) is 12.8 Å². The minimum atomic E-state index is 0.434. The monoisotopic (exact) mass is 309 g/mol. The fourth-order valence-electron chi connectivity index (χ4n) is 1.70. The Labute approximate surface area is 129 Å². The summed E-state index contributed by atoms with van der Waals surface area (Å²) >= 11 is 5.83. The lowest BCUT2D eigenvalue weighted by atomic mass is 10.2. The number of amides is 1. The molecule has 0 atom stereocenters. The molecule has 0 saturated carbocycles. The van der Waals surface area contributed by atoms with Crippen LogP contribution in [0.1, 0.15) is 25.5 Å². The topological polar surface area (TPSA) is 64.1 Å². The van der Waals surface area contributed by atoms with Gasteiger partial charge in [-0.1, -0.05) is 24.9 Å². The predicted molar refractivity (Wildman–Crippen MR) is 85.8 cm³/mol. The second-order valence-electron chi connectivity index (χ2n) is 4.43. The molecule has 0 aliphatic heterocycles. The lowest BCUT2D eigenvalue weighted by molar-refractivity contribution is -0.105. The Balaban J connectivity index is 0.000000315. The number of nitrogens with one attached hydrogen (secondary N) is 1. The van der Waals surface area contributed by atoms with E-state index in [2.05, 4.69) is 22.2 Å². The van der Waals surface area contributed by atoms with Crippen LogP contribution in [0.2, 0.25) is 5.15 Å². The fraction of sp³-hybridized carbons (Fsp3) is 0.400. The summed E-state index contributed by atoms with van der Waals surface area (Å²) in [5.74, 6) is 0.499. The van der Waals surface area contributed by atoms with E-state index in [1.807, 2.05) is 6.92 Å². The summed E-state index contributed by atoms with van der Waals surface area (Å²) in [6.45, 7) is 4.93. The molecule has 2 rings (SSSR count). The van der Waals surface area contributed by atoms with Crippen molar-refractivity contribution >= 4 is 34.6 Å². The summed E-state index contributed by atoms with van der Waals surface area (Å²) in [6.07, 6.45) is 4.67. The zero-order valence-corrected chi connectivity index (χ0v) is 13.3. The molecule has 0 aliphatic rings. The number of ether oxygens (including phenoxy) is 1. The van der Waals surface area contributed by atoms with Crippen LogP contribution in [0.25, 0.3) is 10.8 Å². The molecule has 0 aliphatic carbocycles. The van der Waals surface area contributed by atoms with Crippen LogP contribution in [0, 0.1) is 6.92 Å². The lowest BCUT2D eigenvalue weighted by Crippen LogP contribution is -1.97. The second kappa shape index (κ2) is 9.26. The molecule has 0 radical (unpaired) electrons. The molecule has 6 heteroatoms. The summed E-state index contributed by atoms with van der Waals surface area (Å²) in [4.78, 5) is 18.4. The van der Waals surface area contributed by atoms with Gasteiger partial charge in [-0.25, -0.2) is 9.97 Å². The molecule has 0 fully saturated rings. The summed E-state index contributed by atoms with van der Waals surface area (Å²) < 4.78 is 4.78. The third-order valence-electron chi connectivity index (χ3n) is 2.78. The van der Waals surface area contributed by atoms with Gasteiger partial charge in [0.05, 0.1) is 0 Å². The van der Waals surface area contributed by atoms with Crippen LogP contribution >= 0.6 is 11.6 Å². The molecule has 2 aromatic rings. The average Bonchev–Trinajstić information content (AvgIpc) is 2.45. The van der Waals surface area contributed by atoms with Gasteiger partial charge < -0.3 is 10.1 Å². The number of carbonyl (C=O) groups excluding carboxylic acids is 1. The highest BCUT2D eigenvalue weighted by Crippen LogP contribution is 2.21. The fourth-order valence-corrected chi connectivity index (χ4v) is 1.95. The van der Waals surface area contributed by atoms with Crippen molar-refractivity contribution in [3.05, 3.63) is 29.2 Å². The molecular weight excluding hydrogens is 290 g/mol. The first-order chi connectivity index (χ1) is 10.1. The van der Waals surface area contributed by atoms with Crippen molar-refractivity contribution < 1.29 is 9.53 Å². The molecule has 114 valence electrons. The maximum absolute atomic E-state index is 10.3.